The molecule has 2 unspecified atom stereocenters. The summed E-state index contributed by atoms with van der Waals surface area (Å²) in [6.07, 6.45) is 2.42. The molecule has 0 bridgehead atoms. The van der Waals surface area contributed by atoms with Crippen LogP contribution < -0.4 is 5.32 Å². The minimum Gasteiger partial charge on any atom is -0.377 e. The molecule has 4 rings (SSSR count). The Morgan fingerprint density at radius 1 is 1.05 bits per heavy atom. The second-order valence-corrected chi connectivity index (χ2v) is 17.5. The van der Waals surface area contributed by atoms with Gasteiger partial charge in [-0.2, -0.15) is 18.3 Å². The number of nitrogens with one attached hydrogen (secondary N) is 1. The molecule has 0 radical (unpaired) electrons. The van der Waals surface area contributed by atoms with Crippen LogP contribution in [0.4, 0.5) is 13.2 Å². The summed E-state index contributed by atoms with van der Waals surface area (Å²) in [7, 11) is -1.27. The van der Waals surface area contributed by atoms with Gasteiger partial charge in [0.25, 0.3) is 0 Å². The Bertz CT molecular complexity index is 969. The maximum Gasteiger partial charge on any atom is 0.419 e. The number of ether oxygens (including phenoxy) is 2. The third-order valence-corrected chi connectivity index (χ3v) is 9.41. The van der Waals surface area contributed by atoms with Crippen molar-refractivity contribution in [3.8, 4) is 0 Å². The van der Waals surface area contributed by atoms with Crippen LogP contribution in [0.1, 0.15) is 67.2 Å². The second-order valence-electron chi connectivity index (χ2n) is 11.8. The Morgan fingerprint density at radius 2 is 1.78 bits per heavy atom. The molecule has 2 aliphatic rings. The van der Waals surface area contributed by atoms with Crippen molar-refractivity contribution in [1.82, 2.24) is 15.1 Å². The van der Waals surface area contributed by atoms with Crippen molar-refractivity contribution >= 4 is 8.07 Å². The summed E-state index contributed by atoms with van der Waals surface area (Å²) in [5, 5.41) is 7.84. The number of benzene rings is 1. The number of nitrogens with zero attached hydrogens (tertiary/aromatic N) is 2. The van der Waals surface area contributed by atoms with Crippen molar-refractivity contribution < 1.29 is 22.6 Å². The zero-order valence-electron chi connectivity index (χ0n) is 22.4. The van der Waals surface area contributed by atoms with Crippen LogP contribution in [0.2, 0.25) is 25.7 Å². The van der Waals surface area contributed by atoms with E-state index in [2.05, 4.69) is 54.3 Å². The summed E-state index contributed by atoms with van der Waals surface area (Å²) in [4.78, 5) is 0. The summed E-state index contributed by atoms with van der Waals surface area (Å²) in [6, 6.07) is 11.4. The number of aromatic nitrogens is 2. The molecule has 2 fully saturated rings. The molecule has 37 heavy (non-hydrogen) atoms. The van der Waals surface area contributed by atoms with Crippen LogP contribution in [0.3, 0.4) is 0 Å². The summed E-state index contributed by atoms with van der Waals surface area (Å²) < 4.78 is 55.3. The van der Waals surface area contributed by atoms with Crippen molar-refractivity contribution in [3.63, 3.8) is 0 Å². The lowest BCUT2D eigenvalue weighted by Gasteiger charge is -2.35. The Kier molecular flexibility index (Phi) is 9.53. The molecular formula is C28H42F3N3O2Si. The van der Waals surface area contributed by atoms with Crippen molar-refractivity contribution in [2.75, 3.05) is 19.8 Å². The number of hydrogen-bond donors (Lipinski definition) is 1. The standard InChI is InChI=1S/C28H42F3N3O2Si/c1-37(2,3)17-16-35-20-34-18-25(28(29,30)31)27(33-34)24-10-7-15-32-26(24)19-36-23-13-11-22(12-14-23)21-8-5-4-6-9-21/h4-6,8-9,18,22-24,26,32H,7,10-17,19-20H2,1-3H3. The molecule has 2 heterocycles. The fourth-order valence-electron chi connectivity index (χ4n) is 5.51. The van der Waals surface area contributed by atoms with Gasteiger partial charge >= 0.3 is 6.18 Å². The molecule has 1 aromatic heterocycles. The van der Waals surface area contributed by atoms with E-state index in [9.17, 15) is 13.2 Å². The average molecular weight is 538 g/mol. The Morgan fingerprint density at radius 3 is 2.46 bits per heavy atom. The zero-order chi connectivity index (χ0) is 26.5. The Labute approximate surface area is 220 Å². The van der Waals surface area contributed by atoms with E-state index in [1.807, 2.05) is 6.07 Å². The molecule has 1 saturated carbocycles. The van der Waals surface area contributed by atoms with Gasteiger partial charge in [-0.3, -0.25) is 0 Å². The van der Waals surface area contributed by atoms with Gasteiger partial charge in [0.15, 0.2) is 0 Å². The lowest BCUT2D eigenvalue weighted by Crippen LogP contribution is -2.44. The maximum atomic E-state index is 14.0. The molecule has 206 valence electrons. The van der Waals surface area contributed by atoms with E-state index in [0.29, 0.717) is 25.6 Å². The van der Waals surface area contributed by atoms with E-state index in [4.69, 9.17) is 9.47 Å². The number of halogens is 3. The molecule has 1 aliphatic carbocycles. The Hall–Kier alpha value is -1.68. The number of alkyl halides is 3. The maximum absolute atomic E-state index is 14.0. The minimum atomic E-state index is -4.45. The topological polar surface area (TPSA) is 48.3 Å². The molecule has 9 heteroatoms. The fraction of sp³-hybridized carbons (Fsp3) is 0.679. The molecule has 1 aliphatic heterocycles. The van der Waals surface area contributed by atoms with Crippen molar-refractivity contribution in [3.05, 3.63) is 53.3 Å². The van der Waals surface area contributed by atoms with Crippen molar-refractivity contribution in [2.45, 2.75) is 101 Å². The van der Waals surface area contributed by atoms with Crippen LogP contribution in [0.5, 0.6) is 0 Å². The van der Waals surface area contributed by atoms with Gasteiger partial charge in [-0.15, -0.1) is 0 Å². The molecule has 2 aromatic rings. The molecule has 1 aromatic carbocycles. The first-order valence-corrected chi connectivity index (χ1v) is 17.4. The first-order chi connectivity index (χ1) is 17.6. The largest absolute Gasteiger partial charge is 0.419 e. The second kappa shape index (κ2) is 12.4. The lowest BCUT2D eigenvalue weighted by molar-refractivity contribution is -0.138. The zero-order valence-corrected chi connectivity index (χ0v) is 23.4. The highest BCUT2D eigenvalue weighted by molar-refractivity contribution is 6.76. The van der Waals surface area contributed by atoms with E-state index in [0.717, 1.165) is 50.9 Å². The van der Waals surface area contributed by atoms with Crippen molar-refractivity contribution in [1.29, 1.82) is 0 Å². The van der Waals surface area contributed by atoms with E-state index in [1.54, 1.807) is 0 Å². The molecule has 0 spiro atoms. The van der Waals surface area contributed by atoms with Gasteiger partial charge in [-0.1, -0.05) is 50.0 Å². The van der Waals surface area contributed by atoms with Crippen LogP contribution in [-0.2, 0) is 22.4 Å². The van der Waals surface area contributed by atoms with E-state index in [1.165, 1.54) is 10.2 Å². The highest BCUT2D eigenvalue weighted by Gasteiger charge is 2.41. The van der Waals surface area contributed by atoms with Crippen LogP contribution in [0, 0.1) is 0 Å². The molecule has 1 saturated heterocycles. The van der Waals surface area contributed by atoms with Gasteiger partial charge < -0.3 is 14.8 Å². The van der Waals surface area contributed by atoms with E-state index < -0.39 is 19.8 Å². The highest BCUT2D eigenvalue weighted by Crippen LogP contribution is 2.39. The first kappa shape index (κ1) is 28.3. The van der Waals surface area contributed by atoms with Gasteiger partial charge in [0.2, 0.25) is 0 Å². The lowest BCUT2D eigenvalue weighted by atomic mass is 9.82. The van der Waals surface area contributed by atoms with Gasteiger partial charge in [0, 0.05) is 32.8 Å². The SMILES string of the molecule is C[Si](C)(C)CCOCn1cc(C(F)(F)F)c(C2CCCNC2COC2CCC(c3ccccc3)CC2)n1. The predicted octanol–water partition coefficient (Wildman–Crippen LogP) is 6.79. The number of rotatable bonds is 10. The van der Waals surface area contributed by atoms with Gasteiger partial charge in [-0.25, -0.2) is 4.68 Å². The van der Waals surface area contributed by atoms with Crippen molar-refractivity contribution in [2.24, 2.45) is 0 Å². The highest BCUT2D eigenvalue weighted by atomic mass is 28.3. The first-order valence-electron chi connectivity index (χ1n) is 13.7. The monoisotopic (exact) mass is 537 g/mol. The fourth-order valence-corrected chi connectivity index (χ4v) is 6.27. The van der Waals surface area contributed by atoms with Crippen LogP contribution in [-0.4, -0.2) is 49.8 Å². The van der Waals surface area contributed by atoms with Crippen LogP contribution >= 0.6 is 0 Å². The van der Waals surface area contributed by atoms with Gasteiger partial charge in [0.1, 0.15) is 6.73 Å². The number of piperidine rings is 1. The molecule has 5 nitrogen and oxygen atoms in total. The van der Waals surface area contributed by atoms with Crippen LogP contribution in [0.15, 0.2) is 36.5 Å². The molecule has 0 amide bonds. The third kappa shape index (κ3) is 8.15. The smallest absolute Gasteiger partial charge is 0.377 e. The predicted molar refractivity (Wildman–Crippen MR) is 142 cm³/mol. The van der Waals surface area contributed by atoms with Gasteiger partial charge in [0.05, 0.1) is 24.0 Å². The van der Waals surface area contributed by atoms with E-state index in [-0.39, 0.29) is 30.5 Å². The van der Waals surface area contributed by atoms with Gasteiger partial charge in [-0.05, 0) is 62.6 Å². The molecule has 2 atom stereocenters. The molecule has 1 N–H and O–H groups in total. The summed E-state index contributed by atoms with van der Waals surface area (Å²) in [6.45, 7) is 8.52. The van der Waals surface area contributed by atoms with Crippen LogP contribution in [0.25, 0.3) is 0 Å². The Balaban J connectivity index is 1.36. The number of hydrogen-bond acceptors (Lipinski definition) is 4. The van der Waals surface area contributed by atoms with E-state index >= 15 is 0 Å². The minimum absolute atomic E-state index is 0.0412. The quantitative estimate of drug-likeness (QED) is 0.268. The summed E-state index contributed by atoms with van der Waals surface area (Å²) in [5.41, 5.74) is 0.855. The third-order valence-electron chi connectivity index (χ3n) is 7.71. The summed E-state index contributed by atoms with van der Waals surface area (Å²) >= 11 is 0. The molecular weight excluding hydrogens is 495 g/mol. The normalized spacial score (nSPS) is 25.4. The average Bonchev–Trinajstić information content (AvgIpc) is 3.31. The summed E-state index contributed by atoms with van der Waals surface area (Å²) in [5.74, 6) is 0.224.